The van der Waals surface area contributed by atoms with Crippen LogP contribution < -0.4 is 16.6 Å². The fraction of sp³-hybridized carbons (Fsp3) is 0.583. The summed E-state index contributed by atoms with van der Waals surface area (Å²) in [5, 5.41) is 14.1. The molecule has 0 amide bonds. The van der Waals surface area contributed by atoms with Crippen LogP contribution in [0.3, 0.4) is 0 Å². The van der Waals surface area contributed by atoms with Crippen LogP contribution in [0.25, 0.3) is 0 Å². The number of hydrazine groups is 1. The predicted octanol–water partition coefficient (Wildman–Crippen LogP) is 2.27. The third kappa shape index (κ3) is 3.31. The average molecular weight is 265 g/mol. The Bertz CT molecular complexity index is 459. The number of nitro groups is 1. The van der Waals surface area contributed by atoms with Crippen LogP contribution in [-0.2, 0) is 0 Å². The number of hydrogen-bond donors (Lipinski definition) is 3. The zero-order valence-corrected chi connectivity index (χ0v) is 10.9. The van der Waals surface area contributed by atoms with Crippen molar-refractivity contribution >= 4 is 17.3 Å². The molecule has 0 saturated heterocycles. The minimum absolute atomic E-state index is 0.0240. The number of hydrogen-bond acceptors (Lipinski definition) is 6. The van der Waals surface area contributed by atoms with Crippen molar-refractivity contribution in [3.8, 4) is 0 Å². The maximum absolute atomic E-state index is 10.8. The van der Waals surface area contributed by atoms with Gasteiger partial charge in [0.15, 0.2) is 0 Å². The van der Waals surface area contributed by atoms with E-state index >= 15 is 0 Å². The fourth-order valence-electron chi connectivity index (χ4n) is 2.58. The lowest BCUT2D eigenvalue weighted by atomic mass is 10.00. The molecule has 1 heterocycles. The van der Waals surface area contributed by atoms with Gasteiger partial charge in [0.2, 0.25) is 0 Å². The molecule has 1 fully saturated rings. The Morgan fingerprint density at radius 3 is 2.63 bits per heavy atom. The molecule has 0 spiro atoms. The van der Waals surface area contributed by atoms with Gasteiger partial charge < -0.3 is 10.7 Å². The van der Waals surface area contributed by atoms with Gasteiger partial charge in [0, 0.05) is 6.04 Å². The van der Waals surface area contributed by atoms with E-state index in [1.54, 1.807) is 0 Å². The van der Waals surface area contributed by atoms with Crippen LogP contribution in [0.1, 0.15) is 32.6 Å². The second-order valence-corrected chi connectivity index (χ2v) is 4.97. The van der Waals surface area contributed by atoms with Gasteiger partial charge in [-0.2, -0.15) is 0 Å². The number of pyridine rings is 1. The van der Waals surface area contributed by atoms with Crippen LogP contribution in [0, 0.1) is 16.0 Å². The summed E-state index contributed by atoms with van der Waals surface area (Å²) < 4.78 is 0. The molecule has 0 radical (unpaired) electrons. The Kier molecular flexibility index (Phi) is 4.16. The minimum atomic E-state index is -0.450. The zero-order chi connectivity index (χ0) is 13.8. The number of nitrogen functional groups attached to an aromatic ring is 1. The van der Waals surface area contributed by atoms with Crippen LogP contribution in [0.4, 0.5) is 17.3 Å². The monoisotopic (exact) mass is 265 g/mol. The van der Waals surface area contributed by atoms with Gasteiger partial charge in [0.05, 0.1) is 17.1 Å². The molecule has 7 heteroatoms. The van der Waals surface area contributed by atoms with Crippen LogP contribution in [0.5, 0.6) is 0 Å². The Balaban J connectivity index is 2.14. The molecular weight excluding hydrogens is 246 g/mol. The number of aromatic nitrogens is 1. The Morgan fingerprint density at radius 1 is 1.42 bits per heavy atom. The highest BCUT2D eigenvalue weighted by molar-refractivity contribution is 5.54. The molecular formula is C12H19N5O2. The molecule has 7 nitrogen and oxygen atoms in total. The van der Waals surface area contributed by atoms with Crippen molar-refractivity contribution in [3.05, 3.63) is 22.2 Å². The molecule has 0 aliphatic heterocycles. The lowest BCUT2D eigenvalue weighted by Gasteiger charge is -2.21. The van der Waals surface area contributed by atoms with Gasteiger partial charge in [-0.05, 0) is 25.7 Å². The molecule has 1 aromatic heterocycles. The van der Waals surface area contributed by atoms with Crippen LogP contribution in [-0.4, -0.2) is 15.9 Å². The highest BCUT2D eigenvalue weighted by atomic mass is 16.6. The van der Waals surface area contributed by atoms with E-state index in [2.05, 4.69) is 22.7 Å². The van der Waals surface area contributed by atoms with Gasteiger partial charge in [0.1, 0.15) is 11.6 Å². The van der Waals surface area contributed by atoms with E-state index in [1.807, 2.05) is 0 Å². The summed E-state index contributed by atoms with van der Waals surface area (Å²) in [7, 11) is 0. The number of anilines is 2. The molecule has 1 saturated carbocycles. The standard InChI is InChI=1S/C12H19N5O2/c1-8(9-4-2-3-5-9)14-11-6-10(17(18)19)7-12(15-11)16-13/h6-9H,2-5,13H2,1H3,(H2,14,15,16). The minimum Gasteiger partial charge on any atom is -0.367 e. The van der Waals surface area contributed by atoms with Gasteiger partial charge in [-0.3, -0.25) is 10.1 Å². The average Bonchev–Trinajstić information content (AvgIpc) is 2.92. The van der Waals surface area contributed by atoms with Gasteiger partial charge in [-0.25, -0.2) is 10.8 Å². The fourth-order valence-corrected chi connectivity index (χ4v) is 2.58. The van der Waals surface area contributed by atoms with E-state index in [-0.39, 0.29) is 17.5 Å². The predicted molar refractivity (Wildman–Crippen MR) is 73.7 cm³/mol. The Labute approximate surface area is 111 Å². The van der Waals surface area contributed by atoms with Crippen molar-refractivity contribution in [2.75, 3.05) is 10.7 Å². The maximum atomic E-state index is 10.8. The second-order valence-electron chi connectivity index (χ2n) is 4.97. The molecule has 19 heavy (non-hydrogen) atoms. The molecule has 1 atom stereocenters. The molecule has 4 N–H and O–H groups in total. The normalized spacial score (nSPS) is 17.2. The van der Waals surface area contributed by atoms with Crippen LogP contribution >= 0.6 is 0 Å². The summed E-state index contributed by atoms with van der Waals surface area (Å²) in [6, 6.07) is 3.00. The summed E-state index contributed by atoms with van der Waals surface area (Å²) in [6.45, 7) is 2.09. The first-order valence-electron chi connectivity index (χ1n) is 6.50. The smallest absolute Gasteiger partial charge is 0.276 e. The van der Waals surface area contributed by atoms with E-state index in [1.165, 1.54) is 37.8 Å². The molecule has 1 aliphatic carbocycles. The first-order valence-corrected chi connectivity index (χ1v) is 6.50. The quantitative estimate of drug-likeness (QED) is 0.428. The summed E-state index contributed by atoms with van der Waals surface area (Å²) in [5.74, 6) is 6.66. The van der Waals surface area contributed by atoms with Crippen molar-refractivity contribution < 1.29 is 4.92 Å². The Hall–Kier alpha value is -1.89. The summed E-state index contributed by atoms with van der Waals surface area (Å²) in [4.78, 5) is 14.6. The largest absolute Gasteiger partial charge is 0.367 e. The van der Waals surface area contributed by atoms with E-state index in [0.717, 1.165) is 0 Å². The van der Waals surface area contributed by atoms with Crippen molar-refractivity contribution in [1.29, 1.82) is 0 Å². The van der Waals surface area contributed by atoms with E-state index in [4.69, 9.17) is 5.84 Å². The van der Waals surface area contributed by atoms with Crippen molar-refractivity contribution in [1.82, 2.24) is 4.98 Å². The summed E-state index contributed by atoms with van der Waals surface area (Å²) in [5.41, 5.74) is 2.33. The number of nitrogens with zero attached hydrogens (tertiary/aromatic N) is 2. The lowest BCUT2D eigenvalue weighted by Crippen LogP contribution is -2.24. The zero-order valence-electron chi connectivity index (χ0n) is 10.9. The SMILES string of the molecule is CC(Nc1cc([N+](=O)[O-])cc(NN)n1)C1CCCC1. The first kappa shape index (κ1) is 13.5. The molecule has 2 rings (SSSR count). The number of nitrogens with two attached hydrogens (primary N) is 1. The van der Waals surface area contributed by atoms with Gasteiger partial charge >= 0.3 is 0 Å². The van der Waals surface area contributed by atoms with E-state index in [0.29, 0.717) is 11.7 Å². The number of rotatable bonds is 5. The molecule has 1 aromatic rings. The number of nitrogens with one attached hydrogen (secondary N) is 2. The van der Waals surface area contributed by atoms with Crippen LogP contribution in [0.15, 0.2) is 12.1 Å². The molecule has 1 aliphatic rings. The first-order chi connectivity index (χ1) is 9.10. The maximum Gasteiger partial charge on any atom is 0.276 e. The molecule has 104 valence electrons. The lowest BCUT2D eigenvalue weighted by molar-refractivity contribution is -0.384. The third-order valence-corrected chi connectivity index (χ3v) is 3.65. The van der Waals surface area contributed by atoms with E-state index in [9.17, 15) is 10.1 Å². The topological polar surface area (TPSA) is 106 Å². The highest BCUT2D eigenvalue weighted by Gasteiger charge is 2.22. The summed E-state index contributed by atoms with van der Waals surface area (Å²) >= 11 is 0. The molecule has 1 unspecified atom stereocenters. The van der Waals surface area contributed by atoms with Crippen molar-refractivity contribution in [2.45, 2.75) is 38.6 Å². The van der Waals surface area contributed by atoms with Crippen molar-refractivity contribution in [2.24, 2.45) is 11.8 Å². The van der Waals surface area contributed by atoms with Gasteiger partial charge in [-0.15, -0.1) is 0 Å². The van der Waals surface area contributed by atoms with E-state index < -0.39 is 4.92 Å². The second kappa shape index (κ2) is 5.83. The summed E-state index contributed by atoms with van der Waals surface area (Å²) in [6.07, 6.45) is 4.92. The molecule has 0 aromatic carbocycles. The van der Waals surface area contributed by atoms with Crippen molar-refractivity contribution in [3.63, 3.8) is 0 Å². The van der Waals surface area contributed by atoms with Gasteiger partial charge in [-0.1, -0.05) is 12.8 Å². The molecule has 0 bridgehead atoms. The van der Waals surface area contributed by atoms with Gasteiger partial charge in [0.25, 0.3) is 5.69 Å². The highest BCUT2D eigenvalue weighted by Crippen LogP contribution is 2.29. The third-order valence-electron chi connectivity index (χ3n) is 3.65. The van der Waals surface area contributed by atoms with Crippen LogP contribution in [0.2, 0.25) is 0 Å². The Morgan fingerprint density at radius 2 is 2.05 bits per heavy atom.